The molecule has 2 aliphatic rings. The molecule has 1 saturated carbocycles. The fourth-order valence-electron chi connectivity index (χ4n) is 5.25. The van der Waals surface area contributed by atoms with Gasteiger partial charge in [0.15, 0.2) is 11.4 Å². The molecule has 1 saturated heterocycles. The van der Waals surface area contributed by atoms with Crippen molar-refractivity contribution >= 4 is 22.6 Å². The van der Waals surface area contributed by atoms with Crippen molar-refractivity contribution in [1.29, 1.82) is 0 Å². The van der Waals surface area contributed by atoms with Gasteiger partial charge in [-0.25, -0.2) is 4.79 Å². The largest absolute Gasteiger partial charge is 0.505 e. The van der Waals surface area contributed by atoms with E-state index in [-0.39, 0.29) is 39.7 Å². The lowest BCUT2D eigenvalue weighted by Crippen LogP contribution is -2.63. The lowest BCUT2D eigenvalue weighted by atomic mass is 9.89. The molecule has 2 fully saturated rings. The maximum atomic E-state index is 12.8. The highest BCUT2D eigenvalue weighted by molar-refractivity contribution is 6.00. The summed E-state index contributed by atoms with van der Waals surface area (Å²) in [7, 11) is 1.41. The molecule has 10 nitrogen and oxygen atoms in total. The molecule has 2 heterocycles. The van der Waals surface area contributed by atoms with Crippen LogP contribution in [0.4, 0.5) is 5.69 Å². The zero-order chi connectivity index (χ0) is 26.7. The summed E-state index contributed by atoms with van der Waals surface area (Å²) in [6, 6.07) is 2.98. The molecule has 6 atom stereocenters. The number of aromatic hydroxyl groups is 1. The molecule has 1 aromatic heterocycles. The summed E-state index contributed by atoms with van der Waals surface area (Å²) in [5, 5.41) is 34.5. The number of amides is 1. The van der Waals surface area contributed by atoms with Crippen LogP contribution in [0, 0.1) is 24.2 Å². The van der Waals surface area contributed by atoms with Crippen LogP contribution in [0.3, 0.4) is 0 Å². The van der Waals surface area contributed by atoms with Crippen molar-refractivity contribution in [1.82, 2.24) is 0 Å². The van der Waals surface area contributed by atoms with Crippen LogP contribution in [0.15, 0.2) is 34.0 Å². The zero-order valence-electron chi connectivity index (χ0n) is 21.2. The topological polar surface area (TPSA) is 148 Å². The number of carbonyl (C=O) groups excluding carboxylic acids is 1. The van der Waals surface area contributed by atoms with E-state index in [1.165, 1.54) is 19.2 Å². The van der Waals surface area contributed by atoms with Gasteiger partial charge in [0.05, 0.1) is 16.9 Å². The number of fused-ring (bicyclic) bond motifs is 1. The number of aliphatic hydroxyl groups is 2. The van der Waals surface area contributed by atoms with Crippen LogP contribution in [-0.4, -0.2) is 58.5 Å². The van der Waals surface area contributed by atoms with Crippen LogP contribution < -0.4 is 15.7 Å². The van der Waals surface area contributed by atoms with E-state index in [4.69, 9.17) is 18.6 Å². The first-order valence-electron chi connectivity index (χ1n) is 11.7. The number of anilines is 1. The number of aryl methyl sites for hydroxylation is 1. The number of ether oxygens (including phenoxy) is 3. The van der Waals surface area contributed by atoms with E-state index in [1.807, 2.05) is 13.8 Å². The maximum absolute atomic E-state index is 12.8. The van der Waals surface area contributed by atoms with Gasteiger partial charge in [-0.2, -0.15) is 0 Å². The van der Waals surface area contributed by atoms with Gasteiger partial charge in [0, 0.05) is 12.7 Å². The Morgan fingerprint density at radius 2 is 1.86 bits per heavy atom. The molecular formula is C26H33NO9. The van der Waals surface area contributed by atoms with Crippen molar-refractivity contribution < 1.29 is 38.7 Å². The summed E-state index contributed by atoms with van der Waals surface area (Å²) in [5.74, 6) is -1.03. The zero-order valence-corrected chi connectivity index (χ0v) is 21.2. The number of hydrogen-bond donors (Lipinski definition) is 4. The summed E-state index contributed by atoms with van der Waals surface area (Å²) in [5.41, 5.74) is -2.13. The van der Waals surface area contributed by atoms with Gasteiger partial charge >= 0.3 is 5.63 Å². The second kappa shape index (κ2) is 8.88. The first-order chi connectivity index (χ1) is 16.8. The third-order valence-corrected chi connectivity index (χ3v) is 7.48. The molecule has 36 heavy (non-hydrogen) atoms. The normalized spacial score (nSPS) is 30.6. The minimum absolute atomic E-state index is 0.0332. The Balaban J connectivity index is 1.63. The summed E-state index contributed by atoms with van der Waals surface area (Å²) >= 11 is 0. The Morgan fingerprint density at radius 1 is 1.19 bits per heavy atom. The van der Waals surface area contributed by atoms with Gasteiger partial charge in [0.1, 0.15) is 29.6 Å². The molecule has 0 bridgehead atoms. The first-order valence-corrected chi connectivity index (χ1v) is 11.7. The Kier molecular flexibility index (Phi) is 6.45. The molecule has 4 N–H and O–H groups in total. The minimum atomic E-state index is -1.41. The predicted octanol–water partition coefficient (Wildman–Crippen LogP) is 2.45. The van der Waals surface area contributed by atoms with Crippen molar-refractivity contribution in [2.75, 3.05) is 12.4 Å². The summed E-state index contributed by atoms with van der Waals surface area (Å²) in [6.45, 7) is 12.6. The van der Waals surface area contributed by atoms with Gasteiger partial charge in [-0.1, -0.05) is 19.9 Å². The Morgan fingerprint density at radius 3 is 2.44 bits per heavy atom. The van der Waals surface area contributed by atoms with Crippen molar-refractivity contribution in [3.63, 3.8) is 0 Å². The maximum Gasteiger partial charge on any atom is 0.364 e. The standard InChI is InChI=1S/C26H33NO9/c1-8-13-15(25(13,3)4)22(31)27-16-17(28)12-9-10-14(11(2)20(12)35-23(16)32)34-24-19(30)18(29)21(33-7)26(5,6)36-24/h8-10,13,15,18-19,21,24,28-30H,1H2,2-7H3,(H,27,31)/t13-,15+,18+,19-,21-,24-/m1/s1. The Labute approximate surface area is 208 Å². The quantitative estimate of drug-likeness (QED) is 0.345. The molecule has 1 amide bonds. The SMILES string of the molecule is C=C[C@@H]1[C@@H](C(=O)Nc2c(O)c3ccc(O[C@@H]4OC(C)(C)[C@H](OC)[C@@H](O)[C@H]4O)c(C)c3oc2=O)C1(C)C. The van der Waals surface area contributed by atoms with Gasteiger partial charge in [0.2, 0.25) is 12.2 Å². The van der Waals surface area contributed by atoms with Gasteiger partial charge in [0.25, 0.3) is 0 Å². The molecule has 0 unspecified atom stereocenters. The van der Waals surface area contributed by atoms with Crippen molar-refractivity contribution in [2.24, 2.45) is 17.3 Å². The monoisotopic (exact) mass is 503 g/mol. The highest BCUT2D eigenvalue weighted by atomic mass is 16.7. The van der Waals surface area contributed by atoms with Gasteiger partial charge in [-0.15, -0.1) is 6.58 Å². The lowest BCUT2D eigenvalue weighted by Gasteiger charge is -2.46. The fraction of sp³-hybridized carbons (Fsp3) is 0.538. The van der Waals surface area contributed by atoms with E-state index < -0.39 is 47.5 Å². The Hall–Kier alpha value is -2.92. The Bertz CT molecular complexity index is 1260. The van der Waals surface area contributed by atoms with Crippen molar-refractivity contribution in [3.8, 4) is 11.5 Å². The van der Waals surface area contributed by atoms with Crippen LogP contribution in [0.5, 0.6) is 11.5 Å². The number of rotatable bonds is 6. The minimum Gasteiger partial charge on any atom is -0.505 e. The van der Waals surface area contributed by atoms with Crippen LogP contribution in [0.2, 0.25) is 0 Å². The number of methoxy groups -OCH3 is 1. The van der Waals surface area contributed by atoms with Crippen LogP contribution in [0.25, 0.3) is 11.0 Å². The van der Waals surface area contributed by atoms with Gasteiger partial charge < -0.3 is 39.3 Å². The van der Waals surface area contributed by atoms with Crippen LogP contribution in [0.1, 0.15) is 33.3 Å². The predicted molar refractivity (Wildman–Crippen MR) is 131 cm³/mol. The number of aliphatic hydroxyl groups excluding tert-OH is 2. The van der Waals surface area contributed by atoms with Crippen molar-refractivity contribution in [3.05, 3.63) is 40.8 Å². The van der Waals surface area contributed by atoms with Crippen molar-refractivity contribution in [2.45, 2.75) is 64.8 Å². The third-order valence-electron chi connectivity index (χ3n) is 7.48. The summed E-state index contributed by atoms with van der Waals surface area (Å²) in [4.78, 5) is 25.5. The van der Waals surface area contributed by atoms with E-state index >= 15 is 0 Å². The molecule has 2 aromatic rings. The van der Waals surface area contributed by atoms with Crippen LogP contribution in [-0.2, 0) is 14.3 Å². The average molecular weight is 504 g/mol. The molecule has 10 heteroatoms. The van der Waals surface area contributed by atoms with E-state index in [2.05, 4.69) is 11.9 Å². The summed E-state index contributed by atoms with van der Waals surface area (Å²) in [6.07, 6.45) is -3.00. The molecule has 1 aliphatic heterocycles. The van der Waals surface area contributed by atoms with Gasteiger partial charge in [-0.3, -0.25) is 4.79 Å². The molecule has 0 spiro atoms. The molecular weight excluding hydrogens is 470 g/mol. The smallest absolute Gasteiger partial charge is 0.364 e. The van der Waals surface area contributed by atoms with E-state index in [9.17, 15) is 24.9 Å². The highest BCUT2D eigenvalue weighted by Crippen LogP contribution is 2.59. The van der Waals surface area contributed by atoms with E-state index in [1.54, 1.807) is 26.8 Å². The van der Waals surface area contributed by atoms with Gasteiger partial charge in [-0.05, 0) is 44.2 Å². The number of carbonyl (C=O) groups is 1. The van der Waals surface area contributed by atoms with E-state index in [0.717, 1.165) is 0 Å². The van der Waals surface area contributed by atoms with Crippen LogP contribution >= 0.6 is 0 Å². The number of nitrogens with one attached hydrogen (secondary N) is 1. The third kappa shape index (κ3) is 4.07. The fourth-order valence-corrected chi connectivity index (χ4v) is 5.25. The lowest BCUT2D eigenvalue weighted by molar-refractivity contribution is -0.306. The number of allylic oxidation sites excluding steroid dienone is 1. The average Bonchev–Trinajstić information content (AvgIpc) is 3.37. The number of hydrogen-bond acceptors (Lipinski definition) is 9. The molecule has 1 aliphatic carbocycles. The molecule has 4 rings (SSSR count). The molecule has 196 valence electrons. The second-order valence-corrected chi connectivity index (χ2v) is 10.6. The molecule has 0 radical (unpaired) electrons. The highest BCUT2D eigenvalue weighted by Gasteiger charge is 2.60. The number of benzene rings is 1. The first kappa shape index (κ1) is 26.2. The molecule has 1 aromatic carbocycles. The van der Waals surface area contributed by atoms with E-state index in [0.29, 0.717) is 5.56 Å². The second-order valence-electron chi connectivity index (χ2n) is 10.6. The summed E-state index contributed by atoms with van der Waals surface area (Å²) < 4.78 is 22.4.